The summed E-state index contributed by atoms with van der Waals surface area (Å²) in [6.07, 6.45) is 1.56. The van der Waals surface area contributed by atoms with Crippen molar-refractivity contribution in [3.8, 4) is 0 Å². The molecule has 0 bridgehead atoms. The molecule has 2 aromatic carbocycles. The molecule has 3 rings (SSSR count). The first kappa shape index (κ1) is 19.3. The molecular weight excluding hydrogens is 362 g/mol. The van der Waals surface area contributed by atoms with Crippen molar-refractivity contribution in [3.63, 3.8) is 0 Å². The van der Waals surface area contributed by atoms with Gasteiger partial charge in [0.25, 0.3) is 5.91 Å². The highest BCUT2D eigenvalue weighted by Crippen LogP contribution is 2.25. The first-order valence-electron chi connectivity index (χ1n) is 9.07. The van der Waals surface area contributed by atoms with Crippen molar-refractivity contribution in [1.29, 1.82) is 0 Å². The number of nitrogens with zero attached hydrogens (tertiary/aromatic N) is 1. The van der Waals surface area contributed by atoms with Gasteiger partial charge in [0.05, 0.1) is 0 Å². The Morgan fingerprint density at radius 1 is 1.04 bits per heavy atom. The average Bonchev–Trinajstić information content (AvgIpc) is 2.67. The second-order valence-electron chi connectivity index (χ2n) is 7.05. The Hall–Kier alpha value is -2.46. The zero-order valence-electron chi connectivity index (χ0n) is 15.5. The Morgan fingerprint density at radius 3 is 2.33 bits per heavy atom. The van der Waals surface area contributed by atoms with Crippen LogP contribution in [0.25, 0.3) is 0 Å². The number of halogens is 1. The van der Waals surface area contributed by atoms with Crippen LogP contribution in [-0.4, -0.2) is 35.5 Å². The van der Waals surface area contributed by atoms with Crippen LogP contribution in [0.5, 0.6) is 0 Å². The number of ketones is 2. The topological polar surface area (TPSA) is 54.5 Å². The molecule has 1 aliphatic heterocycles. The van der Waals surface area contributed by atoms with Gasteiger partial charge in [-0.1, -0.05) is 23.7 Å². The van der Waals surface area contributed by atoms with Gasteiger partial charge in [-0.2, -0.15) is 0 Å². The lowest BCUT2D eigenvalue weighted by Gasteiger charge is -2.32. The van der Waals surface area contributed by atoms with Gasteiger partial charge in [0.15, 0.2) is 11.6 Å². The van der Waals surface area contributed by atoms with E-state index in [1.807, 2.05) is 6.92 Å². The third kappa shape index (κ3) is 4.28. The fourth-order valence-corrected chi connectivity index (χ4v) is 3.76. The van der Waals surface area contributed by atoms with Crippen LogP contribution < -0.4 is 0 Å². The molecule has 0 saturated carbocycles. The zero-order valence-corrected chi connectivity index (χ0v) is 16.3. The first-order valence-corrected chi connectivity index (χ1v) is 9.45. The molecule has 1 atom stereocenters. The lowest BCUT2D eigenvalue weighted by Crippen LogP contribution is -2.42. The highest BCUT2D eigenvalue weighted by molar-refractivity contribution is 6.30. The number of likely N-dealkylation sites (tertiary alicyclic amines) is 1. The minimum absolute atomic E-state index is 0.0315. The summed E-state index contributed by atoms with van der Waals surface area (Å²) in [5.41, 5.74) is 2.65. The third-order valence-electron chi connectivity index (χ3n) is 5.07. The van der Waals surface area contributed by atoms with Gasteiger partial charge in [0.1, 0.15) is 0 Å². The molecular formula is C22H22ClNO3. The zero-order chi connectivity index (χ0) is 19.6. The number of carbonyl (C=O) groups is 3. The van der Waals surface area contributed by atoms with Gasteiger partial charge >= 0.3 is 0 Å². The van der Waals surface area contributed by atoms with E-state index in [9.17, 15) is 14.4 Å². The van der Waals surface area contributed by atoms with Gasteiger partial charge in [-0.25, -0.2) is 0 Å². The molecule has 1 saturated heterocycles. The molecule has 1 aliphatic rings. The number of piperidine rings is 1. The lowest BCUT2D eigenvalue weighted by molar-refractivity contribution is 0.0636. The van der Waals surface area contributed by atoms with Crippen LogP contribution in [0.3, 0.4) is 0 Å². The van der Waals surface area contributed by atoms with Gasteiger partial charge in [-0.3, -0.25) is 14.4 Å². The largest absolute Gasteiger partial charge is 0.338 e. The Bertz CT molecular complexity index is 889. The van der Waals surface area contributed by atoms with Gasteiger partial charge in [0.2, 0.25) is 0 Å². The van der Waals surface area contributed by atoms with E-state index in [1.54, 1.807) is 47.4 Å². The third-order valence-corrected chi connectivity index (χ3v) is 5.31. The molecule has 0 spiro atoms. The Kier molecular flexibility index (Phi) is 5.76. The lowest BCUT2D eigenvalue weighted by atomic mass is 9.88. The van der Waals surface area contributed by atoms with E-state index in [-0.39, 0.29) is 23.4 Å². The maximum Gasteiger partial charge on any atom is 0.253 e. The number of benzene rings is 2. The van der Waals surface area contributed by atoms with Gasteiger partial charge < -0.3 is 4.90 Å². The average molecular weight is 384 g/mol. The highest BCUT2D eigenvalue weighted by atomic mass is 35.5. The number of Topliss-reactive ketones (excluding diaryl/α,β-unsaturated/α-hetero) is 2. The Labute approximate surface area is 164 Å². The smallest absolute Gasteiger partial charge is 0.253 e. The molecule has 1 unspecified atom stereocenters. The monoisotopic (exact) mass is 383 g/mol. The summed E-state index contributed by atoms with van der Waals surface area (Å²) in [6.45, 7) is 4.42. The summed E-state index contributed by atoms with van der Waals surface area (Å²) in [7, 11) is 0. The number of hydrogen-bond acceptors (Lipinski definition) is 3. The van der Waals surface area contributed by atoms with Crippen LogP contribution in [0.4, 0.5) is 0 Å². The van der Waals surface area contributed by atoms with Crippen LogP contribution in [0.2, 0.25) is 5.02 Å². The maximum absolute atomic E-state index is 12.9. The molecule has 0 aliphatic carbocycles. The van der Waals surface area contributed by atoms with Crippen molar-refractivity contribution < 1.29 is 14.4 Å². The highest BCUT2D eigenvalue weighted by Gasteiger charge is 2.30. The summed E-state index contributed by atoms with van der Waals surface area (Å²) in [5, 5.41) is 0.610. The van der Waals surface area contributed by atoms with Gasteiger partial charge in [0, 0.05) is 40.7 Å². The van der Waals surface area contributed by atoms with E-state index >= 15 is 0 Å². The van der Waals surface area contributed by atoms with E-state index in [1.165, 1.54) is 6.92 Å². The second kappa shape index (κ2) is 8.05. The molecule has 0 radical (unpaired) electrons. The number of aryl methyl sites for hydroxylation is 1. The van der Waals surface area contributed by atoms with Crippen molar-refractivity contribution in [3.05, 3.63) is 69.7 Å². The van der Waals surface area contributed by atoms with Crippen LogP contribution in [0.1, 0.15) is 56.4 Å². The van der Waals surface area contributed by atoms with Crippen LogP contribution in [0.15, 0.2) is 42.5 Å². The Balaban J connectivity index is 1.74. The first-order chi connectivity index (χ1) is 12.9. The molecule has 1 amide bonds. The molecule has 1 heterocycles. The summed E-state index contributed by atoms with van der Waals surface area (Å²) < 4.78 is 0. The summed E-state index contributed by atoms with van der Waals surface area (Å²) in [4.78, 5) is 38.9. The van der Waals surface area contributed by atoms with E-state index in [4.69, 9.17) is 11.6 Å². The van der Waals surface area contributed by atoms with E-state index < -0.39 is 0 Å². The number of rotatable bonds is 4. The van der Waals surface area contributed by atoms with Crippen LogP contribution in [0, 0.1) is 12.8 Å². The van der Waals surface area contributed by atoms with Crippen molar-refractivity contribution in [2.45, 2.75) is 26.7 Å². The number of amides is 1. The molecule has 4 nitrogen and oxygen atoms in total. The van der Waals surface area contributed by atoms with E-state index in [0.717, 1.165) is 18.4 Å². The molecule has 1 fully saturated rings. The van der Waals surface area contributed by atoms with Crippen molar-refractivity contribution in [2.24, 2.45) is 5.92 Å². The molecule has 27 heavy (non-hydrogen) atoms. The van der Waals surface area contributed by atoms with Gasteiger partial charge in [-0.15, -0.1) is 0 Å². The van der Waals surface area contributed by atoms with Crippen LogP contribution in [-0.2, 0) is 0 Å². The maximum atomic E-state index is 12.9. The van der Waals surface area contributed by atoms with Crippen molar-refractivity contribution in [2.75, 3.05) is 13.1 Å². The minimum atomic E-state index is -0.209. The normalized spacial score (nSPS) is 16.9. The fraction of sp³-hybridized carbons (Fsp3) is 0.318. The summed E-state index contributed by atoms with van der Waals surface area (Å²) in [6, 6.07) is 12.0. The number of hydrogen-bond donors (Lipinski definition) is 0. The standard InChI is InChI=1S/C22H22ClNO3/c1-14-12-19(23)9-10-20(14)21(26)18-4-3-11-24(13-18)22(27)17-7-5-16(6-8-17)15(2)25/h5-10,12,18H,3-4,11,13H2,1-2H3. The predicted octanol–water partition coefficient (Wildman–Crippen LogP) is 4.59. The summed E-state index contributed by atoms with van der Waals surface area (Å²) >= 11 is 5.99. The molecule has 5 heteroatoms. The van der Waals surface area contributed by atoms with Gasteiger partial charge in [-0.05, 0) is 62.6 Å². The fourth-order valence-electron chi connectivity index (χ4n) is 3.53. The quantitative estimate of drug-likeness (QED) is 0.726. The van der Waals surface area contributed by atoms with Crippen LogP contribution >= 0.6 is 11.6 Å². The molecule has 140 valence electrons. The summed E-state index contributed by atoms with van der Waals surface area (Å²) in [5.74, 6) is -0.279. The van der Waals surface area contributed by atoms with Crippen molar-refractivity contribution >= 4 is 29.1 Å². The molecule has 0 aromatic heterocycles. The SMILES string of the molecule is CC(=O)c1ccc(C(=O)N2CCCC(C(=O)c3ccc(Cl)cc3C)C2)cc1. The second-order valence-corrected chi connectivity index (χ2v) is 7.48. The van der Waals surface area contributed by atoms with E-state index in [0.29, 0.717) is 34.8 Å². The molecule has 0 N–H and O–H groups in total. The van der Waals surface area contributed by atoms with Crippen molar-refractivity contribution in [1.82, 2.24) is 4.90 Å². The Morgan fingerprint density at radius 2 is 1.70 bits per heavy atom. The van der Waals surface area contributed by atoms with E-state index in [2.05, 4.69) is 0 Å². The predicted molar refractivity (Wildman–Crippen MR) is 106 cm³/mol. The number of carbonyl (C=O) groups excluding carboxylic acids is 3. The molecule has 2 aromatic rings. The minimum Gasteiger partial charge on any atom is -0.338 e.